The van der Waals surface area contributed by atoms with Gasteiger partial charge < -0.3 is 5.32 Å². The van der Waals surface area contributed by atoms with Crippen molar-refractivity contribution in [1.29, 1.82) is 0 Å². The van der Waals surface area contributed by atoms with Gasteiger partial charge in [0, 0.05) is 13.1 Å². The second kappa shape index (κ2) is 7.41. The summed E-state index contributed by atoms with van der Waals surface area (Å²) >= 11 is 0. The predicted molar refractivity (Wildman–Crippen MR) is 83.8 cm³/mol. The third-order valence-corrected chi connectivity index (χ3v) is 5.46. The van der Waals surface area contributed by atoms with Crippen molar-refractivity contribution in [1.82, 2.24) is 9.62 Å². The second-order valence-corrected chi connectivity index (χ2v) is 7.18. The zero-order valence-corrected chi connectivity index (χ0v) is 13.6. The molecule has 6 heteroatoms. The summed E-state index contributed by atoms with van der Waals surface area (Å²) in [7, 11) is -1.42. The van der Waals surface area contributed by atoms with Crippen molar-refractivity contribution in [2.45, 2.75) is 24.7 Å². The van der Waals surface area contributed by atoms with Crippen LogP contribution in [0.25, 0.3) is 0 Å². The van der Waals surface area contributed by atoms with Crippen LogP contribution in [0.2, 0.25) is 0 Å². The van der Waals surface area contributed by atoms with Crippen LogP contribution in [0.1, 0.15) is 18.4 Å². The first-order chi connectivity index (χ1) is 9.04. The van der Waals surface area contributed by atoms with Crippen LogP contribution in [0, 0.1) is 12.8 Å². The van der Waals surface area contributed by atoms with E-state index in [1.807, 2.05) is 20.0 Å². The van der Waals surface area contributed by atoms with E-state index in [-0.39, 0.29) is 12.4 Å². The molecule has 20 heavy (non-hydrogen) atoms. The summed E-state index contributed by atoms with van der Waals surface area (Å²) < 4.78 is 26.8. The fourth-order valence-corrected chi connectivity index (χ4v) is 4.29. The summed E-state index contributed by atoms with van der Waals surface area (Å²) in [4.78, 5) is 0.414. The van der Waals surface area contributed by atoms with Crippen molar-refractivity contribution in [2.75, 3.05) is 26.7 Å². The van der Waals surface area contributed by atoms with Crippen LogP contribution in [0.15, 0.2) is 29.2 Å². The van der Waals surface area contributed by atoms with Gasteiger partial charge in [-0.05, 0) is 57.0 Å². The van der Waals surface area contributed by atoms with Gasteiger partial charge in [0.1, 0.15) is 0 Å². The Morgan fingerprint density at radius 1 is 1.40 bits per heavy atom. The molecular formula is C14H23ClN2O2S. The summed E-state index contributed by atoms with van der Waals surface area (Å²) in [5.74, 6) is 0.415. The average molecular weight is 319 g/mol. The zero-order valence-electron chi connectivity index (χ0n) is 12.0. The van der Waals surface area contributed by atoms with Crippen molar-refractivity contribution in [3.63, 3.8) is 0 Å². The van der Waals surface area contributed by atoms with E-state index in [0.29, 0.717) is 23.9 Å². The molecule has 1 atom stereocenters. The van der Waals surface area contributed by atoms with Gasteiger partial charge in [0.05, 0.1) is 4.90 Å². The lowest BCUT2D eigenvalue weighted by molar-refractivity contribution is 0.263. The average Bonchev–Trinajstić information content (AvgIpc) is 2.39. The van der Waals surface area contributed by atoms with Crippen LogP contribution in [0.4, 0.5) is 0 Å². The van der Waals surface area contributed by atoms with Crippen molar-refractivity contribution >= 4 is 22.4 Å². The van der Waals surface area contributed by atoms with Crippen LogP contribution < -0.4 is 5.32 Å². The molecule has 1 aromatic rings. The van der Waals surface area contributed by atoms with Crippen molar-refractivity contribution in [2.24, 2.45) is 5.92 Å². The third kappa shape index (κ3) is 3.95. The van der Waals surface area contributed by atoms with Crippen LogP contribution >= 0.6 is 12.4 Å². The molecule has 2 rings (SSSR count). The lowest BCUT2D eigenvalue weighted by Crippen LogP contribution is -2.42. The van der Waals surface area contributed by atoms with E-state index in [1.54, 1.807) is 22.5 Å². The maximum atomic E-state index is 12.6. The smallest absolute Gasteiger partial charge is 0.243 e. The number of rotatable bonds is 4. The van der Waals surface area contributed by atoms with E-state index in [9.17, 15) is 8.42 Å². The van der Waals surface area contributed by atoms with Gasteiger partial charge in [-0.15, -0.1) is 12.4 Å². The molecule has 1 saturated heterocycles. The van der Waals surface area contributed by atoms with Gasteiger partial charge in [-0.25, -0.2) is 8.42 Å². The Balaban J connectivity index is 0.00000200. The molecule has 1 N–H and O–H groups in total. The largest absolute Gasteiger partial charge is 0.319 e. The molecule has 1 fully saturated rings. The fraction of sp³-hybridized carbons (Fsp3) is 0.571. The lowest BCUT2D eigenvalue weighted by Gasteiger charge is -2.31. The summed E-state index contributed by atoms with van der Waals surface area (Å²) in [6, 6.07) is 7.15. The summed E-state index contributed by atoms with van der Waals surface area (Å²) in [6.07, 6.45) is 2.04. The first-order valence-corrected chi connectivity index (χ1v) is 8.19. The molecule has 1 unspecified atom stereocenters. The van der Waals surface area contributed by atoms with Gasteiger partial charge in [0.15, 0.2) is 0 Å². The van der Waals surface area contributed by atoms with Gasteiger partial charge >= 0.3 is 0 Å². The lowest BCUT2D eigenvalue weighted by atomic mass is 10.00. The molecule has 0 aromatic heterocycles. The molecule has 1 aliphatic rings. The number of hydrogen-bond acceptors (Lipinski definition) is 3. The monoisotopic (exact) mass is 318 g/mol. The highest BCUT2D eigenvalue weighted by Crippen LogP contribution is 2.23. The molecule has 1 aliphatic heterocycles. The number of benzene rings is 1. The Bertz CT molecular complexity index is 532. The Morgan fingerprint density at radius 3 is 2.80 bits per heavy atom. The van der Waals surface area contributed by atoms with E-state index in [1.165, 1.54) is 0 Å². The molecule has 0 bridgehead atoms. The highest BCUT2D eigenvalue weighted by Gasteiger charge is 2.29. The number of aryl methyl sites for hydroxylation is 1. The minimum Gasteiger partial charge on any atom is -0.319 e. The number of sulfonamides is 1. The standard InChI is InChI=1S/C14H22N2O2S.ClH/c1-12-5-3-7-14(9-12)19(17,18)16-8-4-6-13(11-16)10-15-2;/h3,5,7,9,13,15H,4,6,8,10-11H2,1-2H3;1H. The first kappa shape index (κ1) is 17.4. The van der Waals surface area contributed by atoms with Gasteiger partial charge in [-0.2, -0.15) is 4.31 Å². The zero-order chi connectivity index (χ0) is 13.9. The van der Waals surface area contributed by atoms with Gasteiger partial charge in [0.2, 0.25) is 10.0 Å². The normalized spacial score (nSPS) is 20.4. The van der Waals surface area contributed by atoms with E-state index in [4.69, 9.17) is 0 Å². The van der Waals surface area contributed by atoms with E-state index in [2.05, 4.69) is 5.32 Å². The molecule has 0 spiro atoms. The minimum atomic E-state index is -3.33. The molecular weight excluding hydrogens is 296 g/mol. The Labute approximate surface area is 128 Å². The Morgan fingerprint density at radius 2 is 2.15 bits per heavy atom. The highest BCUT2D eigenvalue weighted by molar-refractivity contribution is 7.89. The second-order valence-electron chi connectivity index (χ2n) is 5.25. The number of halogens is 1. The molecule has 1 aromatic carbocycles. The fourth-order valence-electron chi connectivity index (χ4n) is 2.63. The molecule has 0 amide bonds. The Kier molecular flexibility index (Phi) is 6.45. The number of piperidine rings is 1. The third-order valence-electron chi connectivity index (χ3n) is 3.60. The molecule has 0 aliphatic carbocycles. The number of nitrogens with one attached hydrogen (secondary N) is 1. The SMILES string of the molecule is CNCC1CCCN(S(=O)(=O)c2cccc(C)c2)C1.Cl. The van der Waals surface area contributed by atoms with E-state index < -0.39 is 10.0 Å². The van der Waals surface area contributed by atoms with Crippen LogP contribution in [-0.4, -0.2) is 39.4 Å². The molecule has 114 valence electrons. The van der Waals surface area contributed by atoms with Crippen LogP contribution in [0.3, 0.4) is 0 Å². The van der Waals surface area contributed by atoms with E-state index >= 15 is 0 Å². The molecule has 0 saturated carbocycles. The van der Waals surface area contributed by atoms with Gasteiger partial charge in [0.25, 0.3) is 0 Å². The van der Waals surface area contributed by atoms with Crippen molar-refractivity contribution in [3.05, 3.63) is 29.8 Å². The maximum Gasteiger partial charge on any atom is 0.243 e. The maximum absolute atomic E-state index is 12.6. The quantitative estimate of drug-likeness (QED) is 0.924. The van der Waals surface area contributed by atoms with Gasteiger partial charge in [-0.3, -0.25) is 0 Å². The van der Waals surface area contributed by atoms with Gasteiger partial charge in [-0.1, -0.05) is 12.1 Å². The number of hydrogen-bond donors (Lipinski definition) is 1. The highest BCUT2D eigenvalue weighted by atomic mass is 35.5. The summed E-state index contributed by atoms with van der Waals surface area (Å²) in [5, 5.41) is 3.14. The molecule has 1 heterocycles. The molecule has 0 radical (unpaired) electrons. The van der Waals surface area contributed by atoms with Crippen molar-refractivity contribution < 1.29 is 8.42 Å². The van der Waals surface area contributed by atoms with E-state index in [0.717, 1.165) is 24.9 Å². The predicted octanol–water partition coefficient (Wildman–Crippen LogP) is 2.04. The summed E-state index contributed by atoms with van der Waals surface area (Å²) in [5.41, 5.74) is 0.977. The topological polar surface area (TPSA) is 49.4 Å². The molecule has 4 nitrogen and oxygen atoms in total. The van der Waals surface area contributed by atoms with Crippen LogP contribution in [0.5, 0.6) is 0 Å². The first-order valence-electron chi connectivity index (χ1n) is 6.75. The summed E-state index contributed by atoms with van der Waals surface area (Å²) in [6.45, 7) is 4.05. The minimum absolute atomic E-state index is 0. The number of nitrogens with zero attached hydrogens (tertiary/aromatic N) is 1. The van der Waals surface area contributed by atoms with Crippen LogP contribution in [-0.2, 0) is 10.0 Å². The Hall–Kier alpha value is -0.620. The van der Waals surface area contributed by atoms with Crippen molar-refractivity contribution in [3.8, 4) is 0 Å².